The molecule has 0 bridgehead atoms. The molecule has 5 heteroatoms. The lowest BCUT2D eigenvalue weighted by molar-refractivity contribution is -0.106. The molecule has 0 saturated carbocycles. The van der Waals surface area contributed by atoms with Crippen LogP contribution < -0.4 is 9.47 Å². The number of ether oxygens (including phenoxy) is 3. The summed E-state index contributed by atoms with van der Waals surface area (Å²) in [6.07, 6.45) is 7.07. The fraction of sp³-hybridized carbons (Fsp3) is 0.318. The maximum absolute atomic E-state index is 5.96. The first-order chi connectivity index (χ1) is 13.2. The Morgan fingerprint density at radius 3 is 2.85 bits per heavy atom. The van der Waals surface area contributed by atoms with Crippen molar-refractivity contribution in [2.75, 3.05) is 13.7 Å². The lowest BCUT2D eigenvalue weighted by Gasteiger charge is -2.24. The zero-order valence-corrected chi connectivity index (χ0v) is 16.4. The van der Waals surface area contributed by atoms with Gasteiger partial charge >= 0.3 is 0 Å². The molecule has 0 spiro atoms. The molecule has 27 heavy (non-hydrogen) atoms. The minimum absolute atomic E-state index is 0.180. The van der Waals surface area contributed by atoms with Gasteiger partial charge in [0.1, 0.15) is 5.01 Å². The zero-order valence-electron chi connectivity index (χ0n) is 15.6. The topological polar surface area (TPSA) is 40.6 Å². The molecular formula is C22H23NO3S. The summed E-state index contributed by atoms with van der Waals surface area (Å²) in [6.45, 7) is 2.85. The van der Waals surface area contributed by atoms with Gasteiger partial charge in [-0.3, -0.25) is 0 Å². The summed E-state index contributed by atoms with van der Waals surface area (Å²) in [5.41, 5.74) is 3.32. The van der Waals surface area contributed by atoms with Gasteiger partial charge in [0.15, 0.2) is 17.8 Å². The average molecular weight is 381 g/mol. The minimum Gasteiger partial charge on any atom is -0.493 e. The lowest BCUT2D eigenvalue weighted by atomic mass is 10.2. The van der Waals surface area contributed by atoms with Crippen LogP contribution in [0, 0.1) is 6.92 Å². The molecule has 3 aromatic rings. The fourth-order valence-corrected chi connectivity index (χ4v) is 3.98. The van der Waals surface area contributed by atoms with Gasteiger partial charge in [-0.2, -0.15) is 0 Å². The smallest absolute Gasteiger partial charge is 0.200 e. The number of hydrogen-bond donors (Lipinski definition) is 0. The Kier molecular flexibility index (Phi) is 5.41. The summed E-state index contributed by atoms with van der Waals surface area (Å²) in [5, 5.41) is 0.991. The molecule has 1 aromatic heterocycles. The van der Waals surface area contributed by atoms with Crippen LogP contribution in [-0.2, 0) is 4.74 Å². The van der Waals surface area contributed by atoms with Gasteiger partial charge in [0.25, 0.3) is 0 Å². The molecule has 1 fully saturated rings. The molecule has 2 heterocycles. The molecule has 0 aliphatic carbocycles. The average Bonchev–Trinajstić information content (AvgIpc) is 3.10. The highest BCUT2D eigenvalue weighted by atomic mass is 32.1. The van der Waals surface area contributed by atoms with E-state index in [4.69, 9.17) is 14.2 Å². The predicted octanol–water partition coefficient (Wildman–Crippen LogP) is 5.69. The molecule has 0 N–H and O–H groups in total. The van der Waals surface area contributed by atoms with E-state index >= 15 is 0 Å². The largest absolute Gasteiger partial charge is 0.493 e. The van der Waals surface area contributed by atoms with E-state index in [1.807, 2.05) is 30.4 Å². The second-order valence-corrected chi connectivity index (χ2v) is 7.74. The van der Waals surface area contributed by atoms with E-state index in [1.165, 1.54) is 10.3 Å². The van der Waals surface area contributed by atoms with Crippen LogP contribution in [0.4, 0.5) is 0 Å². The molecule has 1 saturated heterocycles. The van der Waals surface area contributed by atoms with Crippen LogP contribution in [0.5, 0.6) is 11.5 Å². The Morgan fingerprint density at radius 2 is 2.04 bits per heavy atom. The molecule has 1 atom stereocenters. The van der Waals surface area contributed by atoms with Crippen LogP contribution in [0.2, 0.25) is 0 Å². The van der Waals surface area contributed by atoms with Crippen molar-refractivity contribution in [1.29, 1.82) is 0 Å². The van der Waals surface area contributed by atoms with E-state index in [0.29, 0.717) is 5.75 Å². The maximum atomic E-state index is 5.96. The second kappa shape index (κ2) is 8.11. The number of benzene rings is 2. The van der Waals surface area contributed by atoms with Gasteiger partial charge in [-0.15, -0.1) is 11.3 Å². The first kappa shape index (κ1) is 18.0. The number of thiazole rings is 1. The Bertz CT molecular complexity index is 957. The number of rotatable bonds is 5. The quantitative estimate of drug-likeness (QED) is 0.569. The molecule has 1 unspecified atom stereocenters. The van der Waals surface area contributed by atoms with E-state index in [0.717, 1.165) is 47.7 Å². The van der Waals surface area contributed by atoms with Crippen molar-refractivity contribution < 1.29 is 14.2 Å². The monoisotopic (exact) mass is 381 g/mol. The predicted molar refractivity (Wildman–Crippen MR) is 110 cm³/mol. The van der Waals surface area contributed by atoms with Crippen LogP contribution in [-0.4, -0.2) is 25.0 Å². The highest BCUT2D eigenvalue weighted by Crippen LogP contribution is 2.31. The van der Waals surface area contributed by atoms with Gasteiger partial charge in [0.2, 0.25) is 0 Å². The van der Waals surface area contributed by atoms with Crippen molar-refractivity contribution in [3.63, 3.8) is 0 Å². The first-order valence-electron chi connectivity index (χ1n) is 9.23. The van der Waals surface area contributed by atoms with Gasteiger partial charge in [0.05, 0.1) is 23.9 Å². The summed E-state index contributed by atoms with van der Waals surface area (Å²) in [5.74, 6) is 1.43. The fourth-order valence-electron chi connectivity index (χ4n) is 3.13. The Hall–Kier alpha value is -2.37. The van der Waals surface area contributed by atoms with E-state index < -0.39 is 0 Å². The molecule has 4 rings (SSSR count). The third-order valence-electron chi connectivity index (χ3n) is 4.56. The normalized spacial score (nSPS) is 17.5. The maximum Gasteiger partial charge on any atom is 0.200 e. The highest BCUT2D eigenvalue weighted by Gasteiger charge is 2.17. The van der Waals surface area contributed by atoms with Gasteiger partial charge in [-0.1, -0.05) is 18.2 Å². The van der Waals surface area contributed by atoms with Gasteiger partial charge in [0, 0.05) is 6.42 Å². The van der Waals surface area contributed by atoms with E-state index in [-0.39, 0.29) is 6.29 Å². The van der Waals surface area contributed by atoms with Gasteiger partial charge < -0.3 is 14.2 Å². The number of nitrogens with zero attached hydrogens (tertiary/aromatic N) is 1. The Morgan fingerprint density at radius 1 is 1.11 bits per heavy atom. The SMILES string of the molecule is COc1cc(/C=C/c2nc3cc(C)ccc3s2)ccc1OC1CCCCO1. The van der Waals surface area contributed by atoms with Crippen molar-refractivity contribution in [3.05, 3.63) is 52.5 Å². The lowest BCUT2D eigenvalue weighted by Crippen LogP contribution is -2.25. The molecular weight excluding hydrogens is 358 g/mol. The minimum atomic E-state index is -0.180. The summed E-state index contributed by atoms with van der Waals surface area (Å²) in [6, 6.07) is 12.3. The van der Waals surface area contributed by atoms with Crippen molar-refractivity contribution in [3.8, 4) is 11.5 Å². The Labute approximate surface area is 163 Å². The number of methoxy groups -OCH3 is 1. The molecule has 0 radical (unpaired) electrons. The molecule has 4 nitrogen and oxygen atoms in total. The van der Waals surface area contributed by atoms with Crippen LogP contribution in [0.3, 0.4) is 0 Å². The summed E-state index contributed by atoms with van der Waals surface area (Å²) >= 11 is 1.69. The van der Waals surface area contributed by atoms with E-state index in [2.05, 4.69) is 30.1 Å². The van der Waals surface area contributed by atoms with Crippen LogP contribution >= 0.6 is 11.3 Å². The van der Waals surface area contributed by atoms with Crippen LogP contribution in [0.1, 0.15) is 35.4 Å². The number of fused-ring (bicyclic) bond motifs is 1. The summed E-state index contributed by atoms with van der Waals surface area (Å²) < 4.78 is 18.3. The van der Waals surface area contributed by atoms with E-state index in [1.54, 1.807) is 18.4 Å². The van der Waals surface area contributed by atoms with Crippen LogP contribution in [0.15, 0.2) is 36.4 Å². The van der Waals surface area contributed by atoms with Gasteiger partial charge in [-0.05, 0) is 61.2 Å². The highest BCUT2D eigenvalue weighted by molar-refractivity contribution is 7.19. The second-order valence-electron chi connectivity index (χ2n) is 6.68. The molecule has 140 valence electrons. The number of aryl methyl sites for hydroxylation is 1. The standard InChI is InChI=1S/C22H23NO3S/c1-15-6-10-20-17(13-15)23-21(27-20)11-8-16-7-9-18(19(14-16)24-2)26-22-5-3-4-12-25-22/h6-11,13-14,22H,3-5,12H2,1-2H3/b11-8+. The zero-order chi connectivity index (χ0) is 18.6. The van der Waals surface area contributed by atoms with Gasteiger partial charge in [-0.25, -0.2) is 4.98 Å². The van der Waals surface area contributed by atoms with Crippen molar-refractivity contribution in [1.82, 2.24) is 4.98 Å². The Balaban J connectivity index is 1.51. The van der Waals surface area contributed by atoms with Crippen molar-refractivity contribution >= 4 is 33.7 Å². The molecule has 2 aromatic carbocycles. The summed E-state index contributed by atoms with van der Waals surface area (Å²) in [4.78, 5) is 4.69. The third kappa shape index (κ3) is 4.31. The van der Waals surface area contributed by atoms with Crippen molar-refractivity contribution in [2.24, 2.45) is 0 Å². The first-order valence-corrected chi connectivity index (χ1v) is 10.0. The molecule has 1 aliphatic rings. The van der Waals surface area contributed by atoms with Crippen LogP contribution in [0.25, 0.3) is 22.4 Å². The number of aromatic nitrogens is 1. The molecule has 0 amide bonds. The molecule has 1 aliphatic heterocycles. The third-order valence-corrected chi connectivity index (χ3v) is 5.56. The van der Waals surface area contributed by atoms with E-state index in [9.17, 15) is 0 Å². The summed E-state index contributed by atoms with van der Waals surface area (Å²) in [7, 11) is 1.66. The van der Waals surface area contributed by atoms with Crippen molar-refractivity contribution in [2.45, 2.75) is 32.5 Å². The number of hydrogen-bond acceptors (Lipinski definition) is 5.